The fourth-order valence-electron chi connectivity index (χ4n) is 2.71. The summed E-state index contributed by atoms with van der Waals surface area (Å²) in [7, 11) is 0. The predicted molar refractivity (Wildman–Crippen MR) is 74.2 cm³/mol. The Kier molecular flexibility index (Phi) is 3.46. The smallest absolute Gasteiger partial charge is 0.177 e. The zero-order chi connectivity index (χ0) is 13.2. The summed E-state index contributed by atoms with van der Waals surface area (Å²) in [6.45, 7) is 6.55. The molecular weight excluding hydrogens is 238 g/mol. The van der Waals surface area contributed by atoms with Gasteiger partial charge in [-0.15, -0.1) is 10.2 Å². The van der Waals surface area contributed by atoms with E-state index < -0.39 is 0 Å². The van der Waals surface area contributed by atoms with Gasteiger partial charge in [0.05, 0.1) is 5.69 Å². The molecule has 102 valence electrons. The van der Waals surface area contributed by atoms with E-state index in [4.69, 9.17) is 5.10 Å². The summed E-state index contributed by atoms with van der Waals surface area (Å²) in [5.41, 5.74) is 1.98. The third-order valence-electron chi connectivity index (χ3n) is 3.66. The second-order valence-corrected chi connectivity index (χ2v) is 5.78. The van der Waals surface area contributed by atoms with Crippen molar-refractivity contribution in [2.45, 2.75) is 39.0 Å². The Morgan fingerprint density at radius 3 is 2.79 bits per heavy atom. The van der Waals surface area contributed by atoms with Gasteiger partial charge < -0.3 is 5.32 Å². The average Bonchev–Trinajstić information content (AvgIpc) is 2.82. The summed E-state index contributed by atoms with van der Waals surface area (Å²) in [5, 5.41) is 16.7. The summed E-state index contributed by atoms with van der Waals surface area (Å²) in [6, 6.07) is 4.10. The van der Waals surface area contributed by atoms with Crippen molar-refractivity contribution < 1.29 is 0 Å². The molecular formula is C14H21N5. The van der Waals surface area contributed by atoms with Gasteiger partial charge in [0.25, 0.3) is 0 Å². The van der Waals surface area contributed by atoms with Gasteiger partial charge in [0.2, 0.25) is 0 Å². The summed E-state index contributed by atoms with van der Waals surface area (Å²) < 4.78 is 1.95. The van der Waals surface area contributed by atoms with Gasteiger partial charge in [-0.3, -0.25) is 0 Å². The van der Waals surface area contributed by atoms with Gasteiger partial charge in [0.1, 0.15) is 0 Å². The summed E-state index contributed by atoms with van der Waals surface area (Å²) in [5.74, 6) is 2.13. The SMILES string of the molecule is CC(C)Cc1ccc2nnc(C3CCNCC3)n2n1. The van der Waals surface area contributed by atoms with Crippen molar-refractivity contribution in [3.8, 4) is 0 Å². The molecule has 3 heterocycles. The van der Waals surface area contributed by atoms with Crippen LogP contribution in [-0.4, -0.2) is 32.9 Å². The Morgan fingerprint density at radius 2 is 2.05 bits per heavy atom. The number of aromatic nitrogens is 4. The molecule has 19 heavy (non-hydrogen) atoms. The first-order valence-electron chi connectivity index (χ1n) is 7.16. The van der Waals surface area contributed by atoms with Gasteiger partial charge in [-0.2, -0.15) is 9.61 Å². The Bertz CT molecular complexity index is 554. The number of nitrogens with one attached hydrogen (secondary N) is 1. The van der Waals surface area contributed by atoms with Gasteiger partial charge in [0, 0.05) is 5.92 Å². The minimum Gasteiger partial charge on any atom is -0.317 e. The largest absolute Gasteiger partial charge is 0.317 e. The van der Waals surface area contributed by atoms with Gasteiger partial charge in [0.15, 0.2) is 11.5 Å². The van der Waals surface area contributed by atoms with E-state index >= 15 is 0 Å². The molecule has 1 fully saturated rings. The van der Waals surface area contributed by atoms with Gasteiger partial charge in [-0.05, 0) is 50.4 Å². The van der Waals surface area contributed by atoms with Crippen LogP contribution in [0.25, 0.3) is 5.65 Å². The van der Waals surface area contributed by atoms with E-state index in [-0.39, 0.29) is 0 Å². The summed E-state index contributed by atoms with van der Waals surface area (Å²) in [6.07, 6.45) is 3.24. The molecule has 0 amide bonds. The molecule has 0 atom stereocenters. The third-order valence-corrected chi connectivity index (χ3v) is 3.66. The molecule has 3 rings (SSSR count). The number of hydrogen-bond donors (Lipinski definition) is 1. The second-order valence-electron chi connectivity index (χ2n) is 5.78. The molecule has 0 aliphatic carbocycles. The van der Waals surface area contributed by atoms with Crippen molar-refractivity contribution in [3.05, 3.63) is 23.7 Å². The molecule has 1 N–H and O–H groups in total. The minimum absolute atomic E-state index is 0.484. The molecule has 0 spiro atoms. The van der Waals surface area contributed by atoms with Gasteiger partial charge >= 0.3 is 0 Å². The molecule has 0 aromatic carbocycles. The van der Waals surface area contributed by atoms with Crippen LogP contribution in [0, 0.1) is 5.92 Å². The van der Waals surface area contributed by atoms with E-state index in [9.17, 15) is 0 Å². The van der Waals surface area contributed by atoms with Crippen LogP contribution < -0.4 is 5.32 Å². The first-order valence-corrected chi connectivity index (χ1v) is 7.16. The van der Waals surface area contributed by atoms with E-state index in [0.717, 1.165) is 49.5 Å². The monoisotopic (exact) mass is 259 g/mol. The quantitative estimate of drug-likeness (QED) is 0.913. The Labute approximate surface area is 113 Å². The Morgan fingerprint density at radius 1 is 1.26 bits per heavy atom. The predicted octanol–water partition coefficient (Wildman–Crippen LogP) is 1.79. The molecule has 1 saturated heterocycles. The highest BCUT2D eigenvalue weighted by atomic mass is 15.4. The van der Waals surface area contributed by atoms with Crippen LogP contribution >= 0.6 is 0 Å². The van der Waals surface area contributed by atoms with Crippen molar-refractivity contribution in [2.75, 3.05) is 13.1 Å². The normalized spacial score (nSPS) is 17.4. The van der Waals surface area contributed by atoms with Crippen LogP contribution in [0.1, 0.15) is 44.1 Å². The number of rotatable bonds is 3. The van der Waals surface area contributed by atoms with E-state index in [0.29, 0.717) is 11.8 Å². The maximum atomic E-state index is 4.72. The van der Waals surface area contributed by atoms with Crippen molar-refractivity contribution in [1.29, 1.82) is 0 Å². The minimum atomic E-state index is 0.484. The highest BCUT2D eigenvalue weighted by molar-refractivity contribution is 5.37. The van der Waals surface area contributed by atoms with Crippen molar-refractivity contribution in [2.24, 2.45) is 5.92 Å². The molecule has 2 aromatic heterocycles. The number of piperidine rings is 1. The fourth-order valence-corrected chi connectivity index (χ4v) is 2.71. The number of fused-ring (bicyclic) bond motifs is 1. The standard InChI is InChI=1S/C14H21N5/c1-10(2)9-12-3-4-13-16-17-14(19(13)18-12)11-5-7-15-8-6-11/h3-4,10-11,15H,5-9H2,1-2H3. The average molecular weight is 259 g/mol. The first kappa shape index (κ1) is 12.5. The van der Waals surface area contributed by atoms with Crippen LogP contribution in [-0.2, 0) is 6.42 Å². The zero-order valence-electron chi connectivity index (χ0n) is 11.6. The van der Waals surface area contributed by atoms with Crippen LogP contribution in [0.4, 0.5) is 0 Å². The molecule has 5 heteroatoms. The molecule has 1 aliphatic heterocycles. The van der Waals surface area contributed by atoms with E-state index in [1.807, 2.05) is 10.6 Å². The topological polar surface area (TPSA) is 55.1 Å². The molecule has 2 aromatic rings. The van der Waals surface area contributed by atoms with Crippen LogP contribution in [0.3, 0.4) is 0 Å². The molecule has 0 bridgehead atoms. The Hall–Kier alpha value is -1.49. The lowest BCUT2D eigenvalue weighted by molar-refractivity contribution is 0.438. The van der Waals surface area contributed by atoms with E-state index in [2.05, 4.69) is 35.4 Å². The molecule has 0 radical (unpaired) electrons. The maximum absolute atomic E-state index is 4.72. The molecule has 0 saturated carbocycles. The summed E-state index contributed by atoms with van der Waals surface area (Å²) >= 11 is 0. The first-order chi connectivity index (χ1) is 9.24. The highest BCUT2D eigenvalue weighted by Crippen LogP contribution is 2.23. The molecule has 1 aliphatic rings. The lowest BCUT2D eigenvalue weighted by atomic mass is 9.97. The second kappa shape index (κ2) is 5.25. The maximum Gasteiger partial charge on any atom is 0.177 e. The molecule has 5 nitrogen and oxygen atoms in total. The third kappa shape index (κ3) is 2.61. The summed E-state index contributed by atoms with van der Waals surface area (Å²) in [4.78, 5) is 0. The Balaban J connectivity index is 1.95. The van der Waals surface area contributed by atoms with Gasteiger partial charge in [-0.1, -0.05) is 13.8 Å². The van der Waals surface area contributed by atoms with Crippen molar-refractivity contribution in [1.82, 2.24) is 25.1 Å². The molecule has 0 unspecified atom stereocenters. The van der Waals surface area contributed by atoms with E-state index in [1.54, 1.807) is 0 Å². The zero-order valence-corrected chi connectivity index (χ0v) is 11.6. The van der Waals surface area contributed by atoms with E-state index in [1.165, 1.54) is 0 Å². The number of nitrogens with zero attached hydrogens (tertiary/aromatic N) is 4. The van der Waals surface area contributed by atoms with Crippen LogP contribution in [0.2, 0.25) is 0 Å². The van der Waals surface area contributed by atoms with Gasteiger partial charge in [-0.25, -0.2) is 0 Å². The lowest BCUT2D eigenvalue weighted by Gasteiger charge is -2.20. The van der Waals surface area contributed by atoms with Crippen molar-refractivity contribution >= 4 is 5.65 Å². The van der Waals surface area contributed by atoms with Crippen LogP contribution in [0.15, 0.2) is 12.1 Å². The highest BCUT2D eigenvalue weighted by Gasteiger charge is 2.21. The van der Waals surface area contributed by atoms with Crippen LogP contribution in [0.5, 0.6) is 0 Å². The lowest BCUT2D eigenvalue weighted by Crippen LogP contribution is -2.27. The fraction of sp³-hybridized carbons (Fsp3) is 0.643. The number of hydrogen-bond acceptors (Lipinski definition) is 4. The van der Waals surface area contributed by atoms with Crippen molar-refractivity contribution in [3.63, 3.8) is 0 Å².